The molecule has 0 spiro atoms. The molecule has 2 heterocycles. The van der Waals surface area contributed by atoms with Crippen LogP contribution in [0.5, 0.6) is 0 Å². The standard InChI is InChI=1S/C12H9BrN4O2/c13-10-4-8(3-7-5-14-15-6-9(7)10)17-2-1-11(18)16-12(17)19/h3-6H,1-2H2,(H,16,18,19). The lowest BCUT2D eigenvalue weighted by Gasteiger charge is -2.27. The molecule has 1 N–H and O–H groups in total. The van der Waals surface area contributed by atoms with Gasteiger partial charge in [0.1, 0.15) is 0 Å². The molecule has 1 aromatic heterocycles. The van der Waals surface area contributed by atoms with Crippen molar-refractivity contribution in [2.75, 3.05) is 11.4 Å². The Bertz CT molecular complexity index is 688. The van der Waals surface area contributed by atoms with Gasteiger partial charge in [0, 0.05) is 33.9 Å². The van der Waals surface area contributed by atoms with Crippen molar-refractivity contribution in [3.05, 3.63) is 29.0 Å². The van der Waals surface area contributed by atoms with E-state index in [1.54, 1.807) is 12.4 Å². The lowest BCUT2D eigenvalue weighted by atomic mass is 10.1. The van der Waals surface area contributed by atoms with E-state index >= 15 is 0 Å². The molecule has 0 saturated carbocycles. The number of rotatable bonds is 1. The van der Waals surface area contributed by atoms with Crippen LogP contribution in [0.4, 0.5) is 10.5 Å². The lowest BCUT2D eigenvalue weighted by Crippen LogP contribution is -2.49. The summed E-state index contributed by atoms with van der Waals surface area (Å²) in [5, 5.41) is 11.8. The Labute approximate surface area is 116 Å². The molecule has 19 heavy (non-hydrogen) atoms. The van der Waals surface area contributed by atoms with Gasteiger partial charge in [0.15, 0.2) is 0 Å². The second-order valence-electron chi connectivity index (χ2n) is 4.17. The van der Waals surface area contributed by atoms with E-state index in [-0.39, 0.29) is 5.91 Å². The van der Waals surface area contributed by atoms with E-state index in [1.165, 1.54) is 4.90 Å². The number of nitrogens with one attached hydrogen (secondary N) is 1. The fourth-order valence-electron chi connectivity index (χ4n) is 2.02. The Morgan fingerprint density at radius 2 is 2.00 bits per heavy atom. The molecule has 3 amide bonds. The second kappa shape index (κ2) is 4.58. The zero-order chi connectivity index (χ0) is 13.4. The predicted molar refractivity (Wildman–Crippen MR) is 72.7 cm³/mol. The minimum atomic E-state index is -0.399. The van der Waals surface area contributed by atoms with Gasteiger partial charge in [0.2, 0.25) is 5.91 Å². The summed E-state index contributed by atoms with van der Waals surface area (Å²) in [6.45, 7) is 0.376. The molecule has 3 rings (SSSR count). The summed E-state index contributed by atoms with van der Waals surface area (Å²) >= 11 is 3.45. The van der Waals surface area contributed by atoms with Gasteiger partial charge in [0.25, 0.3) is 0 Å². The average molecular weight is 321 g/mol. The maximum atomic E-state index is 11.8. The molecule has 6 nitrogen and oxygen atoms in total. The van der Waals surface area contributed by atoms with E-state index in [9.17, 15) is 9.59 Å². The quantitative estimate of drug-likeness (QED) is 0.870. The molecule has 2 aromatic rings. The van der Waals surface area contributed by atoms with E-state index in [2.05, 4.69) is 31.4 Å². The minimum Gasteiger partial charge on any atom is -0.294 e. The van der Waals surface area contributed by atoms with Crippen LogP contribution < -0.4 is 10.2 Å². The third-order valence-electron chi connectivity index (χ3n) is 2.96. The number of carbonyl (C=O) groups excluding carboxylic acids is 2. The Kier molecular flexibility index (Phi) is 2.90. The first kappa shape index (κ1) is 12.0. The van der Waals surface area contributed by atoms with Gasteiger partial charge in [-0.1, -0.05) is 15.9 Å². The van der Waals surface area contributed by atoms with Crippen molar-refractivity contribution in [1.29, 1.82) is 0 Å². The Balaban J connectivity index is 2.06. The number of amides is 3. The minimum absolute atomic E-state index is 0.244. The number of hydrogen-bond donors (Lipinski definition) is 1. The monoisotopic (exact) mass is 320 g/mol. The van der Waals surface area contributed by atoms with E-state index in [0.29, 0.717) is 13.0 Å². The molecule has 1 aromatic carbocycles. The Morgan fingerprint density at radius 1 is 1.21 bits per heavy atom. The average Bonchev–Trinajstić information content (AvgIpc) is 2.38. The highest BCUT2D eigenvalue weighted by molar-refractivity contribution is 9.10. The van der Waals surface area contributed by atoms with Crippen molar-refractivity contribution in [2.24, 2.45) is 0 Å². The summed E-state index contributed by atoms with van der Waals surface area (Å²) in [7, 11) is 0. The first-order valence-corrected chi connectivity index (χ1v) is 6.46. The van der Waals surface area contributed by atoms with Gasteiger partial charge < -0.3 is 0 Å². The van der Waals surface area contributed by atoms with Crippen LogP contribution in [0.15, 0.2) is 29.0 Å². The molecule has 0 aliphatic carbocycles. The molecule has 0 unspecified atom stereocenters. The Morgan fingerprint density at radius 3 is 2.79 bits per heavy atom. The first-order valence-electron chi connectivity index (χ1n) is 5.66. The van der Waals surface area contributed by atoms with Crippen molar-refractivity contribution in [1.82, 2.24) is 15.5 Å². The third-order valence-corrected chi connectivity index (χ3v) is 3.62. The second-order valence-corrected chi connectivity index (χ2v) is 5.03. The van der Waals surface area contributed by atoms with Gasteiger partial charge in [-0.3, -0.25) is 15.0 Å². The van der Waals surface area contributed by atoms with Crippen molar-refractivity contribution in [3.63, 3.8) is 0 Å². The summed E-state index contributed by atoms with van der Waals surface area (Å²) < 4.78 is 0.833. The van der Waals surface area contributed by atoms with Crippen LogP contribution in [0.3, 0.4) is 0 Å². The van der Waals surface area contributed by atoms with Gasteiger partial charge >= 0.3 is 6.03 Å². The Hall–Kier alpha value is -2.02. The van der Waals surface area contributed by atoms with Gasteiger partial charge in [-0.2, -0.15) is 10.2 Å². The molecule has 1 aliphatic rings. The number of fused-ring (bicyclic) bond motifs is 1. The normalized spacial score (nSPS) is 15.7. The highest BCUT2D eigenvalue weighted by atomic mass is 79.9. The largest absolute Gasteiger partial charge is 0.328 e. The number of carbonyl (C=O) groups is 2. The highest BCUT2D eigenvalue weighted by Crippen LogP contribution is 2.29. The molecule has 96 valence electrons. The van der Waals surface area contributed by atoms with Crippen molar-refractivity contribution in [2.45, 2.75) is 6.42 Å². The maximum Gasteiger partial charge on any atom is 0.328 e. The van der Waals surface area contributed by atoms with Crippen molar-refractivity contribution >= 4 is 44.3 Å². The van der Waals surface area contributed by atoms with Crippen LogP contribution in [0.25, 0.3) is 10.8 Å². The van der Waals surface area contributed by atoms with Crippen LogP contribution >= 0.6 is 15.9 Å². The molecule has 0 atom stereocenters. The third kappa shape index (κ3) is 2.17. The number of aromatic nitrogens is 2. The van der Waals surface area contributed by atoms with Gasteiger partial charge in [-0.25, -0.2) is 4.79 Å². The SMILES string of the molecule is O=C1CCN(c2cc(Br)c3cnncc3c2)C(=O)N1. The molecule has 0 bridgehead atoms. The highest BCUT2D eigenvalue weighted by Gasteiger charge is 2.24. The summed E-state index contributed by atoms with van der Waals surface area (Å²) in [6, 6.07) is 3.29. The van der Waals surface area contributed by atoms with Gasteiger partial charge in [-0.05, 0) is 12.1 Å². The van der Waals surface area contributed by atoms with Crippen LogP contribution in [-0.4, -0.2) is 28.7 Å². The summed E-state index contributed by atoms with van der Waals surface area (Å²) in [6.07, 6.45) is 3.59. The van der Waals surface area contributed by atoms with Crippen molar-refractivity contribution < 1.29 is 9.59 Å². The number of anilines is 1. The fraction of sp³-hybridized carbons (Fsp3) is 0.167. The number of hydrogen-bond acceptors (Lipinski definition) is 4. The molecular weight excluding hydrogens is 312 g/mol. The fourth-order valence-corrected chi connectivity index (χ4v) is 2.59. The zero-order valence-electron chi connectivity index (χ0n) is 9.76. The number of halogens is 1. The number of nitrogens with zero attached hydrogens (tertiary/aromatic N) is 3. The summed E-state index contributed by atoms with van der Waals surface area (Å²) in [5.41, 5.74) is 0.720. The topological polar surface area (TPSA) is 75.2 Å². The smallest absolute Gasteiger partial charge is 0.294 e. The molecule has 1 aliphatic heterocycles. The van der Waals surface area contributed by atoms with E-state index < -0.39 is 6.03 Å². The number of benzene rings is 1. The lowest BCUT2D eigenvalue weighted by molar-refractivity contribution is -0.120. The number of urea groups is 1. The van der Waals surface area contributed by atoms with Crippen LogP contribution in [0.1, 0.15) is 6.42 Å². The number of imide groups is 1. The molecule has 7 heteroatoms. The molecule has 1 fully saturated rings. The van der Waals surface area contributed by atoms with Gasteiger partial charge in [0.05, 0.1) is 12.4 Å². The maximum absolute atomic E-state index is 11.8. The summed E-state index contributed by atoms with van der Waals surface area (Å²) in [4.78, 5) is 24.5. The summed E-state index contributed by atoms with van der Waals surface area (Å²) in [5.74, 6) is -0.244. The molecule has 0 radical (unpaired) electrons. The van der Waals surface area contributed by atoms with E-state index in [0.717, 1.165) is 20.9 Å². The van der Waals surface area contributed by atoms with Crippen molar-refractivity contribution in [3.8, 4) is 0 Å². The first-order chi connectivity index (χ1) is 9.15. The van der Waals surface area contributed by atoms with E-state index in [4.69, 9.17) is 0 Å². The van der Waals surface area contributed by atoms with Gasteiger partial charge in [-0.15, -0.1) is 0 Å². The van der Waals surface area contributed by atoms with Crippen LogP contribution in [0, 0.1) is 0 Å². The predicted octanol–water partition coefficient (Wildman–Crippen LogP) is 1.84. The molecular formula is C12H9BrN4O2. The zero-order valence-corrected chi connectivity index (χ0v) is 11.3. The molecule has 1 saturated heterocycles. The van der Waals surface area contributed by atoms with E-state index in [1.807, 2.05) is 12.1 Å². The van der Waals surface area contributed by atoms with Crippen LogP contribution in [-0.2, 0) is 4.79 Å². The van der Waals surface area contributed by atoms with Crippen LogP contribution in [0.2, 0.25) is 0 Å².